The molecule has 14 heavy (non-hydrogen) atoms. The molecule has 0 atom stereocenters. The van der Waals surface area contributed by atoms with Gasteiger partial charge in [-0.15, -0.1) is 5.92 Å². The zero-order chi connectivity index (χ0) is 10.4. The van der Waals surface area contributed by atoms with Gasteiger partial charge < -0.3 is 9.84 Å². The van der Waals surface area contributed by atoms with Crippen molar-refractivity contribution in [2.24, 2.45) is 0 Å². The summed E-state index contributed by atoms with van der Waals surface area (Å²) < 4.78 is 5.05. The number of carboxylic acids is 1. The van der Waals surface area contributed by atoms with Gasteiger partial charge in [0.1, 0.15) is 5.75 Å². The van der Waals surface area contributed by atoms with E-state index in [1.54, 1.807) is 25.1 Å². The molecule has 3 nitrogen and oxygen atoms in total. The summed E-state index contributed by atoms with van der Waals surface area (Å²) in [6.07, 6.45) is 0. The molecule has 0 fully saturated rings. The third-order valence-electron chi connectivity index (χ3n) is 1.50. The van der Waals surface area contributed by atoms with Crippen LogP contribution in [0.2, 0.25) is 0 Å². The second-order valence-corrected chi connectivity index (χ2v) is 2.55. The van der Waals surface area contributed by atoms with Crippen LogP contribution in [-0.2, 0) is 4.79 Å². The standard InChI is InChI=1S/C11H10O3/c1-2-5-9-6-3-4-7-10(9)14-8-11(12)13/h3-4,6-7H,8H2,1H3,(H,12,13). The lowest BCUT2D eigenvalue weighted by molar-refractivity contribution is -0.139. The quantitative estimate of drug-likeness (QED) is 0.735. The maximum absolute atomic E-state index is 10.3. The first-order valence-corrected chi connectivity index (χ1v) is 4.10. The fourth-order valence-electron chi connectivity index (χ4n) is 0.970. The smallest absolute Gasteiger partial charge is 0.341 e. The Labute approximate surface area is 82.3 Å². The van der Waals surface area contributed by atoms with E-state index in [2.05, 4.69) is 11.8 Å². The molecule has 0 aromatic heterocycles. The summed E-state index contributed by atoms with van der Waals surface area (Å²) in [6, 6.07) is 7.08. The summed E-state index contributed by atoms with van der Waals surface area (Å²) in [4.78, 5) is 10.3. The average Bonchev–Trinajstić information content (AvgIpc) is 2.17. The highest BCUT2D eigenvalue weighted by atomic mass is 16.5. The van der Waals surface area contributed by atoms with E-state index in [-0.39, 0.29) is 6.61 Å². The molecule has 0 saturated heterocycles. The van der Waals surface area contributed by atoms with Gasteiger partial charge in [0.05, 0.1) is 5.56 Å². The van der Waals surface area contributed by atoms with Gasteiger partial charge in [0.15, 0.2) is 6.61 Å². The van der Waals surface area contributed by atoms with E-state index in [0.29, 0.717) is 11.3 Å². The zero-order valence-corrected chi connectivity index (χ0v) is 7.78. The molecule has 0 aliphatic heterocycles. The summed E-state index contributed by atoms with van der Waals surface area (Å²) >= 11 is 0. The Morgan fingerprint density at radius 2 is 2.21 bits per heavy atom. The Balaban J connectivity index is 2.82. The second kappa shape index (κ2) is 4.93. The largest absolute Gasteiger partial charge is 0.481 e. The number of aliphatic carboxylic acids is 1. The normalized spacial score (nSPS) is 8.64. The molecule has 0 saturated carbocycles. The number of carbonyl (C=O) groups is 1. The SMILES string of the molecule is CC#Cc1ccccc1OCC(=O)O. The van der Waals surface area contributed by atoms with Crippen molar-refractivity contribution in [2.45, 2.75) is 6.92 Å². The minimum absolute atomic E-state index is 0.345. The van der Waals surface area contributed by atoms with E-state index in [1.807, 2.05) is 6.07 Å². The van der Waals surface area contributed by atoms with Crippen molar-refractivity contribution >= 4 is 5.97 Å². The molecule has 1 aromatic rings. The summed E-state index contributed by atoms with van der Waals surface area (Å²) in [5.74, 6) is 5.07. The topological polar surface area (TPSA) is 46.5 Å². The Morgan fingerprint density at radius 3 is 2.86 bits per heavy atom. The van der Waals surface area contributed by atoms with Crippen LogP contribution in [0.25, 0.3) is 0 Å². The molecular weight excluding hydrogens is 180 g/mol. The molecule has 1 aromatic carbocycles. The Bertz CT molecular complexity index is 385. The highest BCUT2D eigenvalue weighted by Gasteiger charge is 2.02. The lowest BCUT2D eigenvalue weighted by Gasteiger charge is -2.04. The van der Waals surface area contributed by atoms with E-state index >= 15 is 0 Å². The molecule has 0 amide bonds. The Hall–Kier alpha value is -1.95. The van der Waals surface area contributed by atoms with Crippen LogP contribution in [0.3, 0.4) is 0 Å². The predicted octanol–water partition coefficient (Wildman–Crippen LogP) is 1.52. The van der Waals surface area contributed by atoms with Crippen molar-refractivity contribution in [1.29, 1.82) is 0 Å². The molecule has 0 bridgehead atoms. The van der Waals surface area contributed by atoms with Crippen LogP contribution in [-0.4, -0.2) is 17.7 Å². The summed E-state index contributed by atoms with van der Waals surface area (Å²) in [6.45, 7) is 1.37. The molecule has 0 unspecified atom stereocenters. The number of ether oxygens (including phenoxy) is 1. The van der Waals surface area contributed by atoms with E-state index in [0.717, 1.165) is 0 Å². The van der Waals surface area contributed by atoms with Crippen molar-refractivity contribution in [3.63, 3.8) is 0 Å². The highest BCUT2D eigenvalue weighted by molar-refractivity contribution is 5.68. The van der Waals surface area contributed by atoms with Gasteiger partial charge in [-0.3, -0.25) is 0 Å². The van der Waals surface area contributed by atoms with Gasteiger partial charge in [-0.1, -0.05) is 18.1 Å². The second-order valence-electron chi connectivity index (χ2n) is 2.55. The van der Waals surface area contributed by atoms with Crippen molar-refractivity contribution < 1.29 is 14.6 Å². The number of rotatable bonds is 3. The van der Waals surface area contributed by atoms with Gasteiger partial charge in [0, 0.05) is 0 Å². The minimum atomic E-state index is -0.996. The van der Waals surface area contributed by atoms with Crippen LogP contribution in [0.1, 0.15) is 12.5 Å². The lowest BCUT2D eigenvalue weighted by atomic mass is 10.2. The van der Waals surface area contributed by atoms with Crippen molar-refractivity contribution in [1.82, 2.24) is 0 Å². The number of hydrogen-bond acceptors (Lipinski definition) is 2. The van der Waals surface area contributed by atoms with Crippen molar-refractivity contribution in [3.8, 4) is 17.6 Å². The van der Waals surface area contributed by atoms with Gasteiger partial charge in [-0.25, -0.2) is 4.79 Å². The third-order valence-corrected chi connectivity index (χ3v) is 1.50. The highest BCUT2D eigenvalue weighted by Crippen LogP contribution is 2.16. The Kier molecular flexibility index (Phi) is 3.57. The first-order chi connectivity index (χ1) is 6.74. The maximum Gasteiger partial charge on any atom is 0.341 e. The predicted molar refractivity (Wildman–Crippen MR) is 52.1 cm³/mol. The van der Waals surface area contributed by atoms with Crippen LogP contribution in [0.15, 0.2) is 24.3 Å². The van der Waals surface area contributed by atoms with Gasteiger partial charge in [0.2, 0.25) is 0 Å². The van der Waals surface area contributed by atoms with E-state index in [1.165, 1.54) is 0 Å². The fraction of sp³-hybridized carbons (Fsp3) is 0.182. The number of benzene rings is 1. The molecule has 0 radical (unpaired) electrons. The van der Waals surface area contributed by atoms with Crippen molar-refractivity contribution in [2.75, 3.05) is 6.61 Å². The first-order valence-electron chi connectivity index (χ1n) is 4.10. The van der Waals surface area contributed by atoms with Crippen LogP contribution in [0.5, 0.6) is 5.75 Å². The Morgan fingerprint density at radius 1 is 1.50 bits per heavy atom. The van der Waals surface area contributed by atoms with E-state index in [9.17, 15) is 4.79 Å². The maximum atomic E-state index is 10.3. The van der Waals surface area contributed by atoms with Crippen LogP contribution >= 0.6 is 0 Å². The first kappa shape index (κ1) is 10.1. The molecule has 0 aliphatic carbocycles. The molecule has 3 heteroatoms. The van der Waals surface area contributed by atoms with Gasteiger partial charge in [0.25, 0.3) is 0 Å². The van der Waals surface area contributed by atoms with Crippen LogP contribution in [0.4, 0.5) is 0 Å². The number of carboxylic acid groups (broad SMARTS) is 1. The molecule has 0 aliphatic rings. The third kappa shape index (κ3) is 2.83. The minimum Gasteiger partial charge on any atom is -0.481 e. The molecular formula is C11H10O3. The van der Waals surface area contributed by atoms with Gasteiger partial charge in [-0.2, -0.15) is 0 Å². The van der Waals surface area contributed by atoms with Gasteiger partial charge in [-0.05, 0) is 19.1 Å². The van der Waals surface area contributed by atoms with Gasteiger partial charge >= 0.3 is 5.97 Å². The molecule has 0 spiro atoms. The summed E-state index contributed by atoms with van der Waals surface area (Å²) in [5.41, 5.74) is 0.705. The van der Waals surface area contributed by atoms with Crippen LogP contribution < -0.4 is 4.74 Å². The summed E-state index contributed by atoms with van der Waals surface area (Å²) in [5, 5.41) is 8.43. The fourth-order valence-corrected chi connectivity index (χ4v) is 0.970. The summed E-state index contributed by atoms with van der Waals surface area (Å²) in [7, 11) is 0. The molecule has 72 valence electrons. The molecule has 0 heterocycles. The van der Waals surface area contributed by atoms with E-state index in [4.69, 9.17) is 9.84 Å². The number of para-hydroxylation sites is 1. The van der Waals surface area contributed by atoms with E-state index < -0.39 is 5.97 Å². The number of hydrogen-bond donors (Lipinski definition) is 1. The zero-order valence-electron chi connectivity index (χ0n) is 7.78. The molecule has 1 rings (SSSR count). The monoisotopic (exact) mass is 190 g/mol. The molecule has 1 N–H and O–H groups in total. The van der Waals surface area contributed by atoms with Crippen LogP contribution in [0, 0.1) is 11.8 Å². The lowest BCUT2D eigenvalue weighted by Crippen LogP contribution is -2.10. The van der Waals surface area contributed by atoms with Crippen molar-refractivity contribution in [3.05, 3.63) is 29.8 Å². The average molecular weight is 190 g/mol.